The van der Waals surface area contributed by atoms with E-state index in [0.29, 0.717) is 6.42 Å². The third-order valence-corrected chi connectivity index (χ3v) is 9.60. The normalized spacial score (nSPS) is 31.6. The number of carbonyl (C=O) groups is 1. The van der Waals surface area contributed by atoms with Crippen molar-refractivity contribution in [2.24, 2.45) is 29.6 Å². The molecule has 0 radical (unpaired) electrons. The molecule has 4 unspecified atom stereocenters. The van der Waals surface area contributed by atoms with E-state index < -0.39 is 0 Å². The van der Waals surface area contributed by atoms with Crippen molar-refractivity contribution in [2.45, 2.75) is 161 Å². The molecular weight excluding hydrogens is 404 g/mol. The summed E-state index contributed by atoms with van der Waals surface area (Å²) in [6.07, 6.45) is 29.4. The highest BCUT2D eigenvalue weighted by molar-refractivity contribution is 5.69. The minimum absolute atomic E-state index is 0.0835. The summed E-state index contributed by atoms with van der Waals surface area (Å²) in [4.78, 5) is 12.4. The molecule has 192 valence electrons. The van der Waals surface area contributed by atoms with E-state index in [4.69, 9.17) is 4.74 Å². The van der Waals surface area contributed by atoms with Gasteiger partial charge in [-0.1, -0.05) is 97.3 Å². The van der Waals surface area contributed by atoms with Crippen molar-refractivity contribution in [3.05, 3.63) is 0 Å². The molecule has 0 bridgehead atoms. The van der Waals surface area contributed by atoms with Crippen LogP contribution in [0.1, 0.15) is 155 Å². The predicted octanol–water partition coefficient (Wildman–Crippen LogP) is 9.64. The van der Waals surface area contributed by atoms with Gasteiger partial charge in [-0.05, 0) is 81.0 Å². The number of carbonyl (C=O) groups excluding carboxylic acids is 1. The Morgan fingerprint density at radius 3 is 1.91 bits per heavy atom. The number of hydrogen-bond donors (Lipinski definition) is 0. The number of fused-ring (bicyclic) bond motifs is 3. The Kier molecular flexibility index (Phi) is 12.7. The Morgan fingerprint density at radius 2 is 1.21 bits per heavy atom. The van der Waals surface area contributed by atoms with Gasteiger partial charge in [0.2, 0.25) is 0 Å². The molecule has 3 rings (SSSR count). The highest BCUT2D eigenvalue weighted by Gasteiger charge is 2.44. The van der Waals surface area contributed by atoms with Crippen LogP contribution in [-0.2, 0) is 9.53 Å². The topological polar surface area (TPSA) is 26.3 Å². The van der Waals surface area contributed by atoms with E-state index in [0.717, 1.165) is 48.9 Å². The van der Waals surface area contributed by atoms with Crippen molar-refractivity contribution in [3.63, 3.8) is 0 Å². The van der Waals surface area contributed by atoms with Gasteiger partial charge in [0.25, 0.3) is 0 Å². The Balaban J connectivity index is 1.30. The average Bonchev–Trinajstić information content (AvgIpc) is 2.83. The number of esters is 1. The molecular formula is C31H56O2. The lowest BCUT2D eigenvalue weighted by Gasteiger charge is -2.50. The second-order valence-electron chi connectivity index (χ2n) is 12.1. The highest BCUT2D eigenvalue weighted by Crippen LogP contribution is 2.53. The van der Waals surface area contributed by atoms with Crippen molar-refractivity contribution in [1.29, 1.82) is 0 Å². The first-order valence-electron chi connectivity index (χ1n) is 15.4. The molecule has 0 aromatic heterocycles. The molecule has 0 saturated heterocycles. The molecule has 3 aliphatic carbocycles. The summed E-state index contributed by atoms with van der Waals surface area (Å²) in [7, 11) is 0. The smallest absolute Gasteiger partial charge is 0.306 e. The molecule has 3 saturated carbocycles. The van der Waals surface area contributed by atoms with Gasteiger partial charge in [0.15, 0.2) is 0 Å². The van der Waals surface area contributed by atoms with E-state index in [1.54, 1.807) is 0 Å². The Hall–Kier alpha value is -0.530. The van der Waals surface area contributed by atoms with Crippen molar-refractivity contribution in [3.8, 4) is 0 Å². The fourth-order valence-corrected chi connectivity index (χ4v) is 7.73. The van der Waals surface area contributed by atoms with Crippen LogP contribution in [0.2, 0.25) is 0 Å². The molecule has 0 spiro atoms. The van der Waals surface area contributed by atoms with Crippen molar-refractivity contribution in [2.75, 3.05) is 0 Å². The lowest BCUT2D eigenvalue weighted by molar-refractivity contribution is -0.153. The second kappa shape index (κ2) is 15.5. The minimum Gasteiger partial charge on any atom is -0.462 e. The van der Waals surface area contributed by atoms with Crippen LogP contribution in [0, 0.1) is 29.6 Å². The van der Waals surface area contributed by atoms with Gasteiger partial charge in [0, 0.05) is 6.42 Å². The van der Waals surface area contributed by atoms with Crippen molar-refractivity contribution < 1.29 is 9.53 Å². The van der Waals surface area contributed by atoms with Crippen LogP contribution in [0.4, 0.5) is 0 Å². The monoisotopic (exact) mass is 460 g/mol. The van der Waals surface area contributed by atoms with Crippen LogP contribution in [0.25, 0.3) is 0 Å². The van der Waals surface area contributed by atoms with E-state index >= 15 is 0 Å². The molecule has 33 heavy (non-hydrogen) atoms. The van der Waals surface area contributed by atoms with E-state index in [9.17, 15) is 4.79 Å². The molecule has 2 heteroatoms. The lowest BCUT2D eigenvalue weighted by Crippen LogP contribution is -2.43. The van der Waals surface area contributed by atoms with Crippen molar-refractivity contribution >= 4 is 5.97 Å². The summed E-state index contributed by atoms with van der Waals surface area (Å²) in [5, 5.41) is 0. The van der Waals surface area contributed by atoms with Gasteiger partial charge in [-0.3, -0.25) is 4.79 Å². The third-order valence-electron chi connectivity index (χ3n) is 9.60. The first kappa shape index (κ1) is 27.1. The molecule has 2 nitrogen and oxygen atoms in total. The number of rotatable bonds is 15. The number of unbranched alkanes of at least 4 members (excludes halogenated alkanes) is 10. The largest absolute Gasteiger partial charge is 0.462 e. The average molecular weight is 461 g/mol. The number of hydrogen-bond acceptors (Lipinski definition) is 2. The maximum Gasteiger partial charge on any atom is 0.306 e. The highest BCUT2D eigenvalue weighted by atomic mass is 16.5. The summed E-state index contributed by atoms with van der Waals surface area (Å²) in [5.74, 6) is 4.88. The molecule has 0 aliphatic heterocycles. The zero-order chi connectivity index (χ0) is 23.3. The van der Waals surface area contributed by atoms with Gasteiger partial charge in [-0.2, -0.15) is 0 Å². The standard InChI is InChI=1S/C31H56O2/c1-3-5-7-9-10-12-14-16-31(32)33-28-20-22-30-27(24-28)19-18-26-23-25(17-21-29(26)30)15-13-11-8-6-4-2/h25-30H,3-24H2,1-2H3/t25-,26?,27?,28-,29?,30?/m1/s1. The molecule has 0 aromatic rings. The second-order valence-corrected chi connectivity index (χ2v) is 12.1. The molecule has 0 amide bonds. The maximum atomic E-state index is 12.4. The van der Waals surface area contributed by atoms with Gasteiger partial charge < -0.3 is 4.74 Å². The Labute approximate surface area is 206 Å². The summed E-state index contributed by atoms with van der Waals surface area (Å²) >= 11 is 0. The van der Waals surface area contributed by atoms with Crippen LogP contribution in [0.15, 0.2) is 0 Å². The van der Waals surface area contributed by atoms with E-state index in [1.165, 1.54) is 116 Å². The molecule has 3 fully saturated rings. The number of ether oxygens (including phenoxy) is 1. The Morgan fingerprint density at radius 1 is 0.636 bits per heavy atom. The van der Waals surface area contributed by atoms with Crippen LogP contribution in [0.3, 0.4) is 0 Å². The fraction of sp³-hybridized carbons (Fsp3) is 0.968. The van der Waals surface area contributed by atoms with Gasteiger partial charge in [-0.25, -0.2) is 0 Å². The van der Waals surface area contributed by atoms with E-state index in [1.807, 2.05) is 0 Å². The SMILES string of the molecule is CCCCCCCCCC(=O)O[C@@H]1CCC2C(CCC3C[C@H](CCCCCCC)CCC32)C1. The summed E-state index contributed by atoms with van der Waals surface area (Å²) in [5.41, 5.74) is 0. The Bertz CT molecular complexity index is 529. The van der Waals surface area contributed by atoms with E-state index in [-0.39, 0.29) is 12.1 Å². The van der Waals surface area contributed by atoms with Crippen LogP contribution >= 0.6 is 0 Å². The fourth-order valence-electron chi connectivity index (χ4n) is 7.73. The van der Waals surface area contributed by atoms with Gasteiger partial charge in [0.1, 0.15) is 6.10 Å². The third kappa shape index (κ3) is 9.21. The summed E-state index contributed by atoms with van der Waals surface area (Å²) in [6.45, 7) is 4.57. The zero-order valence-corrected chi connectivity index (χ0v) is 22.3. The van der Waals surface area contributed by atoms with Gasteiger partial charge >= 0.3 is 5.97 Å². The first-order valence-corrected chi connectivity index (χ1v) is 15.4. The minimum atomic E-state index is 0.0835. The lowest BCUT2D eigenvalue weighted by atomic mass is 9.56. The predicted molar refractivity (Wildman–Crippen MR) is 140 cm³/mol. The quantitative estimate of drug-likeness (QED) is 0.179. The van der Waals surface area contributed by atoms with Gasteiger partial charge in [0.05, 0.1) is 0 Å². The molecule has 0 N–H and O–H groups in total. The molecule has 0 heterocycles. The van der Waals surface area contributed by atoms with E-state index in [2.05, 4.69) is 13.8 Å². The van der Waals surface area contributed by atoms with Gasteiger partial charge in [-0.15, -0.1) is 0 Å². The van der Waals surface area contributed by atoms with Crippen LogP contribution in [-0.4, -0.2) is 12.1 Å². The maximum absolute atomic E-state index is 12.4. The summed E-state index contributed by atoms with van der Waals surface area (Å²) < 4.78 is 5.97. The summed E-state index contributed by atoms with van der Waals surface area (Å²) in [6, 6.07) is 0. The van der Waals surface area contributed by atoms with Crippen molar-refractivity contribution in [1.82, 2.24) is 0 Å². The molecule has 0 aromatic carbocycles. The molecule has 6 atom stereocenters. The first-order chi connectivity index (χ1) is 16.2. The van der Waals surface area contributed by atoms with Crippen LogP contribution < -0.4 is 0 Å². The van der Waals surface area contributed by atoms with Crippen LogP contribution in [0.5, 0.6) is 0 Å². The zero-order valence-electron chi connectivity index (χ0n) is 22.3. The molecule has 3 aliphatic rings.